The molecular formula is C18H20N2O6S. The SMILES string of the molecule is COC(=O)[C@@H](CO)NC(=O)c1ccc(S(=O)(=O)Nc2ccc(C)cc2)cc1. The largest absolute Gasteiger partial charge is 0.467 e. The second-order valence-electron chi connectivity index (χ2n) is 5.73. The van der Waals surface area contributed by atoms with E-state index < -0.39 is 34.5 Å². The molecule has 0 aromatic heterocycles. The van der Waals surface area contributed by atoms with Gasteiger partial charge in [0, 0.05) is 11.3 Å². The molecule has 2 aromatic rings. The van der Waals surface area contributed by atoms with E-state index in [1.807, 2.05) is 6.92 Å². The first kappa shape index (κ1) is 20.4. The van der Waals surface area contributed by atoms with Crippen molar-refractivity contribution in [3.8, 4) is 0 Å². The number of anilines is 1. The third-order valence-corrected chi connectivity index (χ3v) is 5.10. The monoisotopic (exact) mass is 392 g/mol. The van der Waals surface area contributed by atoms with Crippen LogP contribution in [0.3, 0.4) is 0 Å². The molecule has 0 fully saturated rings. The van der Waals surface area contributed by atoms with E-state index in [2.05, 4.69) is 14.8 Å². The Kier molecular flexibility index (Phi) is 6.54. The van der Waals surface area contributed by atoms with Crippen LogP contribution in [0.1, 0.15) is 15.9 Å². The Morgan fingerprint density at radius 1 is 1.07 bits per heavy atom. The molecule has 27 heavy (non-hydrogen) atoms. The summed E-state index contributed by atoms with van der Waals surface area (Å²) in [5.41, 5.74) is 1.55. The van der Waals surface area contributed by atoms with E-state index in [-0.39, 0.29) is 10.5 Å². The van der Waals surface area contributed by atoms with E-state index in [0.717, 1.165) is 12.7 Å². The summed E-state index contributed by atoms with van der Waals surface area (Å²) in [5.74, 6) is -1.43. The Balaban J connectivity index is 2.12. The van der Waals surface area contributed by atoms with Gasteiger partial charge in [-0.15, -0.1) is 0 Å². The van der Waals surface area contributed by atoms with Gasteiger partial charge in [-0.3, -0.25) is 9.52 Å². The number of aryl methyl sites for hydroxylation is 1. The number of nitrogens with one attached hydrogen (secondary N) is 2. The van der Waals surface area contributed by atoms with E-state index in [4.69, 9.17) is 5.11 Å². The van der Waals surface area contributed by atoms with E-state index in [1.165, 1.54) is 24.3 Å². The minimum Gasteiger partial charge on any atom is -0.467 e. The molecule has 0 heterocycles. The number of benzene rings is 2. The molecule has 2 rings (SSSR count). The van der Waals surface area contributed by atoms with Crippen molar-refractivity contribution in [2.45, 2.75) is 17.9 Å². The van der Waals surface area contributed by atoms with Gasteiger partial charge < -0.3 is 15.2 Å². The van der Waals surface area contributed by atoms with Crippen LogP contribution in [0.2, 0.25) is 0 Å². The van der Waals surface area contributed by atoms with Gasteiger partial charge in [-0.25, -0.2) is 13.2 Å². The summed E-state index contributed by atoms with van der Waals surface area (Å²) in [6, 6.07) is 10.8. The molecule has 0 saturated heterocycles. The molecule has 0 aliphatic carbocycles. The summed E-state index contributed by atoms with van der Waals surface area (Å²) in [6.07, 6.45) is 0. The lowest BCUT2D eigenvalue weighted by molar-refractivity contribution is -0.143. The van der Waals surface area contributed by atoms with E-state index in [1.54, 1.807) is 24.3 Å². The Hall–Kier alpha value is -2.91. The topological polar surface area (TPSA) is 122 Å². The molecular weight excluding hydrogens is 372 g/mol. The highest BCUT2D eigenvalue weighted by Gasteiger charge is 2.21. The Morgan fingerprint density at radius 3 is 2.19 bits per heavy atom. The van der Waals surface area contributed by atoms with Crippen molar-refractivity contribution in [2.24, 2.45) is 0 Å². The van der Waals surface area contributed by atoms with Crippen LogP contribution in [0.15, 0.2) is 53.4 Å². The van der Waals surface area contributed by atoms with Crippen LogP contribution in [-0.4, -0.2) is 45.2 Å². The number of carbonyl (C=O) groups excluding carboxylic acids is 2. The average molecular weight is 392 g/mol. The van der Waals surface area contributed by atoms with Crippen LogP contribution in [-0.2, 0) is 19.6 Å². The molecule has 1 amide bonds. The van der Waals surface area contributed by atoms with Crippen molar-refractivity contribution in [3.63, 3.8) is 0 Å². The predicted octanol–water partition coefficient (Wildman–Crippen LogP) is 1.06. The maximum absolute atomic E-state index is 12.4. The van der Waals surface area contributed by atoms with Crippen LogP contribution in [0.4, 0.5) is 5.69 Å². The van der Waals surface area contributed by atoms with Gasteiger partial charge in [-0.1, -0.05) is 17.7 Å². The zero-order chi connectivity index (χ0) is 20.0. The Bertz CT molecular complexity index is 908. The van der Waals surface area contributed by atoms with Gasteiger partial charge in [0.05, 0.1) is 18.6 Å². The lowest BCUT2D eigenvalue weighted by atomic mass is 10.2. The smallest absolute Gasteiger partial charge is 0.330 e. The van der Waals surface area contributed by atoms with Crippen LogP contribution < -0.4 is 10.0 Å². The molecule has 8 nitrogen and oxygen atoms in total. The fraction of sp³-hybridized carbons (Fsp3) is 0.222. The third-order valence-electron chi connectivity index (χ3n) is 3.70. The van der Waals surface area contributed by atoms with Gasteiger partial charge in [0.25, 0.3) is 15.9 Å². The fourth-order valence-corrected chi connectivity index (χ4v) is 3.24. The Morgan fingerprint density at radius 2 is 1.67 bits per heavy atom. The molecule has 144 valence electrons. The van der Waals surface area contributed by atoms with Gasteiger partial charge in [-0.05, 0) is 43.3 Å². The molecule has 0 bridgehead atoms. The standard InChI is InChI=1S/C18H20N2O6S/c1-12-3-7-14(8-4-12)20-27(24,25)15-9-5-13(6-10-15)17(22)19-16(11-21)18(23)26-2/h3-10,16,20-21H,11H2,1-2H3,(H,19,22)/t16-/m1/s1. The maximum atomic E-state index is 12.4. The summed E-state index contributed by atoms with van der Waals surface area (Å²) in [7, 11) is -2.67. The highest BCUT2D eigenvalue weighted by Crippen LogP contribution is 2.17. The van der Waals surface area contributed by atoms with Crippen molar-refractivity contribution in [1.82, 2.24) is 5.32 Å². The van der Waals surface area contributed by atoms with Crippen LogP contribution in [0, 0.1) is 6.92 Å². The number of aliphatic hydroxyl groups excluding tert-OH is 1. The summed E-state index contributed by atoms with van der Waals surface area (Å²) < 4.78 is 31.7. The Labute approximate surface area is 157 Å². The zero-order valence-corrected chi connectivity index (χ0v) is 15.6. The normalized spacial score (nSPS) is 12.1. The molecule has 0 radical (unpaired) electrons. The van der Waals surface area contributed by atoms with Gasteiger partial charge >= 0.3 is 5.97 Å². The van der Waals surface area contributed by atoms with Crippen molar-refractivity contribution >= 4 is 27.6 Å². The number of rotatable bonds is 7. The maximum Gasteiger partial charge on any atom is 0.330 e. The second-order valence-corrected chi connectivity index (χ2v) is 7.41. The highest BCUT2D eigenvalue weighted by atomic mass is 32.2. The lowest BCUT2D eigenvalue weighted by Gasteiger charge is -2.14. The first-order valence-electron chi connectivity index (χ1n) is 7.96. The van der Waals surface area contributed by atoms with Gasteiger partial charge in [0.1, 0.15) is 0 Å². The number of ether oxygens (including phenoxy) is 1. The summed E-state index contributed by atoms with van der Waals surface area (Å²) in [6.45, 7) is 1.27. The van der Waals surface area contributed by atoms with Gasteiger partial charge in [0.2, 0.25) is 0 Å². The summed E-state index contributed by atoms with van der Waals surface area (Å²) >= 11 is 0. The molecule has 3 N–H and O–H groups in total. The van der Waals surface area contributed by atoms with Crippen LogP contribution in [0.25, 0.3) is 0 Å². The van der Waals surface area contributed by atoms with E-state index in [0.29, 0.717) is 5.69 Å². The fourth-order valence-electron chi connectivity index (χ4n) is 2.18. The second kappa shape index (κ2) is 8.65. The van der Waals surface area contributed by atoms with Crippen molar-refractivity contribution < 1.29 is 27.9 Å². The number of carbonyl (C=O) groups is 2. The van der Waals surface area contributed by atoms with Crippen molar-refractivity contribution in [1.29, 1.82) is 0 Å². The lowest BCUT2D eigenvalue weighted by Crippen LogP contribution is -2.44. The molecule has 9 heteroatoms. The quantitative estimate of drug-likeness (QED) is 0.606. The molecule has 0 saturated carbocycles. The molecule has 0 unspecified atom stereocenters. The average Bonchev–Trinajstić information content (AvgIpc) is 2.67. The summed E-state index contributed by atoms with van der Waals surface area (Å²) in [5, 5.41) is 11.4. The molecule has 0 aliphatic heterocycles. The highest BCUT2D eigenvalue weighted by molar-refractivity contribution is 7.92. The molecule has 1 atom stereocenters. The van der Waals surface area contributed by atoms with Gasteiger partial charge in [0.15, 0.2) is 6.04 Å². The number of methoxy groups -OCH3 is 1. The van der Waals surface area contributed by atoms with E-state index >= 15 is 0 Å². The molecule has 0 spiro atoms. The number of hydrogen-bond acceptors (Lipinski definition) is 6. The number of amides is 1. The number of hydrogen-bond donors (Lipinski definition) is 3. The van der Waals surface area contributed by atoms with Crippen molar-refractivity contribution in [3.05, 3.63) is 59.7 Å². The first-order chi connectivity index (χ1) is 12.8. The number of esters is 1. The zero-order valence-electron chi connectivity index (χ0n) is 14.8. The number of aliphatic hydroxyl groups is 1. The number of sulfonamides is 1. The predicted molar refractivity (Wildman–Crippen MR) is 98.8 cm³/mol. The first-order valence-corrected chi connectivity index (χ1v) is 9.44. The minimum atomic E-state index is -3.81. The van der Waals surface area contributed by atoms with Gasteiger partial charge in [-0.2, -0.15) is 0 Å². The van der Waals surface area contributed by atoms with Crippen molar-refractivity contribution in [2.75, 3.05) is 18.4 Å². The minimum absolute atomic E-state index is 0.0219. The van der Waals surface area contributed by atoms with Crippen LogP contribution in [0.5, 0.6) is 0 Å². The van der Waals surface area contributed by atoms with E-state index in [9.17, 15) is 18.0 Å². The van der Waals surface area contributed by atoms with Crippen LogP contribution >= 0.6 is 0 Å². The molecule has 2 aromatic carbocycles. The molecule has 0 aliphatic rings. The summed E-state index contributed by atoms with van der Waals surface area (Å²) in [4.78, 5) is 23.5. The third kappa shape index (κ3) is 5.28.